The summed E-state index contributed by atoms with van der Waals surface area (Å²) in [6.45, 7) is 3.76. The van der Waals surface area contributed by atoms with Gasteiger partial charge in [-0.2, -0.15) is 10.1 Å². The Hall–Kier alpha value is -1.99. The molecule has 110 valence electrons. The average molecular weight is 303 g/mol. The lowest BCUT2D eigenvalue weighted by molar-refractivity contribution is 0.201. The number of thiophene rings is 1. The molecule has 0 radical (unpaired) electrons. The Morgan fingerprint density at radius 1 is 1.43 bits per heavy atom. The lowest BCUT2D eigenvalue weighted by atomic mass is 10.3. The van der Waals surface area contributed by atoms with E-state index in [1.807, 2.05) is 41.5 Å². The summed E-state index contributed by atoms with van der Waals surface area (Å²) in [5, 5.41) is 10.3. The van der Waals surface area contributed by atoms with Crippen LogP contribution in [0.2, 0.25) is 0 Å². The fraction of sp³-hybridized carbons (Fsp3) is 0.357. The summed E-state index contributed by atoms with van der Waals surface area (Å²) in [4.78, 5) is 7.69. The quantitative estimate of drug-likeness (QED) is 0.700. The Morgan fingerprint density at radius 2 is 2.33 bits per heavy atom. The second kappa shape index (κ2) is 6.19. The van der Waals surface area contributed by atoms with Gasteiger partial charge in [-0.3, -0.25) is 9.58 Å². The number of aromatic nitrogens is 4. The monoisotopic (exact) mass is 303 g/mol. The molecule has 0 unspecified atom stereocenters. The lowest BCUT2D eigenvalue weighted by Gasteiger charge is -2.21. The number of rotatable bonds is 6. The lowest BCUT2D eigenvalue weighted by Crippen LogP contribution is -2.26. The second-order valence-electron chi connectivity index (χ2n) is 4.86. The molecule has 7 heteroatoms. The van der Waals surface area contributed by atoms with Crippen LogP contribution in [0.25, 0.3) is 10.7 Å². The topological polar surface area (TPSA) is 60.0 Å². The summed E-state index contributed by atoms with van der Waals surface area (Å²) >= 11 is 1.61. The summed E-state index contributed by atoms with van der Waals surface area (Å²) < 4.78 is 7.30. The molecule has 3 aromatic heterocycles. The van der Waals surface area contributed by atoms with E-state index in [0.717, 1.165) is 18.0 Å². The predicted molar refractivity (Wildman–Crippen MR) is 80.9 cm³/mol. The fourth-order valence-corrected chi connectivity index (χ4v) is 2.64. The molecule has 3 aromatic rings. The van der Waals surface area contributed by atoms with Crippen LogP contribution in [0, 0.1) is 0 Å². The first-order chi connectivity index (χ1) is 10.2. The SMILES string of the molecule is C[C@@H](c1nc(-c2cccs2)no1)N(C)CCn1cccn1. The molecule has 21 heavy (non-hydrogen) atoms. The van der Waals surface area contributed by atoms with Crippen molar-refractivity contribution in [3.8, 4) is 10.7 Å². The molecule has 3 heterocycles. The van der Waals surface area contributed by atoms with Crippen LogP contribution in [0.4, 0.5) is 0 Å². The molecule has 0 aliphatic carbocycles. The highest BCUT2D eigenvalue weighted by molar-refractivity contribution is 7.13. The molecule has 0 amide bonds. The van der Waals surface area contributed by atoms with E-state index >= 15 is 0 Å². The maximum absolute atomic E-state index is 5.39. The molecule has 3 rings (SSSR count). The Morgan fingerprint density at radius 3 is 3.05 bits per heavy atom. The molecule has 0 saturated carbocycles. The van der Waals surface area contributed by atoms with Crippen LogP contribution in [-0.4, -0.2) is 38.4 Å². The summed E-state index contributed by atoms with van der Waals surface area (Å²) in [6.07, 6.45) is 3.74. The molecule has 0 spiro atoms. The summed E-state index contributed by atoms with van der Waals surface area (Å²) in [5.41, 5.74) is 0. The Labute approximate surface area is 127 Å². The maximum atomic E-state index is 5.39. The van der Waals surface area contributed by atoms with Crippen molar-refractivity contribution in [2.24, 2.45) is 0 Å². The van der Waals surface area contributed by atoms with Gasteiger partial charge < -0.3 is 4.52 Å². The van der Waals surface area contributed by atoms with Gasteiger partial charge >= 0.3 is 0 Å². The number of hydrogen-bond donors (Lipinski definition) is 0. The van der Waals surface area contributed by atoms with Crippen LogP contribution in [0.3, 0.4) is 0 Å². The van der Waals surface area contributed by atoms with Crippen LogP contribution in [-0.2, 0) is 6.54 Å². The zero-order chi connectivity index (χ0) is 14.7. The highest BCUT2D eigenvalue weighted by Gasteiger charge is 2.19. The minimum absolute atomic E-state index is 0.0711. The normalized spacial score (nSPS) is 12.9. The van der Waals surface area contributed by atoms with Crippen LogP contribution in [0.5, 0.6) is 0 Å². The van der Waals surface area contributed by atoms with Crippen LogP contribution < -0.4 is 0 Å². The molecule has 0 bridgehead atoms. The van der Waals surface area contributed by atoms with Crippen molar-refractivity contribution in [1.29, 1.82) is 0 Å². The van der Waals surface area contributed by atoms with Gasteiger partial charge in [0.1, 0.15) is 0 Å². The van der Waals surface area contributed by atoms with Gasteiger partial charge in [0.25, 0.3) is 0 Å². The molecule has 1 atom stereocenters. The first-order valence-electron chi connectivity index (χ1n) is 6.79. The fourth-order valence-electron chi connectivity index (χ4n) is 1.99. The molecule has 0 aliphatic rings. The highest BCUT2D eigenvalue weighted by atomic mass is 32.1. The van der Waals surface area contributed by atoms with Crippen LogP contribution in [0.15, 0.2) is 40.5 Å². The van der Waals surface area contributed by atoms with Crippen molar-refractivity contribution in [2.75, 3.05) is 13.6 Å². The van der Waals surface area contributed by atoms with Crippen molar-refractivity contribution in [3.63, 3.8) is 0 Å². The largest absolute Gasteiger partial charge is 0.337 e. The Balaban J connectivity index is 1.63. The third-order valence-corrected chi connectivity index (χ3v) is 4.31. The van der Waals surface area contributed by atoms with E-state index in [4.69, 9.17) is 4.52 Å². The van der Waals surface area contributed by atoms with Crippen molar-refractivity contribution in [2.45, 2.75) is 19.5 Å². The number of hydrogen-bond acceptors (Lipinski definition) is 6. The molecule has 0 aliphatic heterocycles. The molecule has 0 N–H and O–H groups in total. The summed E-state index contributed by atoms with van der Waals surface area (Å²) in [7, 11) is 2.04. The van der Waals surface area contributed by atoms with E-state index in [9.17, 15) is 0 Å². The van der Waals surface area contributed by atoms with E-state index in [2.05, 4.69) is 27.1 Å². The minimum atomic E-state index is 0.0711. The van der Waals surface area contributed by atoms with Gasteiger partial charge in [0.05, 0.1) is 17.5 Å². The Bertz CT molecular complexity index is 661. The molecule has 6 nitrogen and oxygen atoms in total. The molecule has 0 aromatic carbocycles. The van der Waals surface area contributed by atoms with E-state index in [1.54, 1.807) is 17.5 Å². The van der Waals surface area contributed by atoms with E-state index in [1.165, 1.54) is 0 Å². The van der Waals surface area contributed by atoms with Crippen LogP contribution >= 0.6 is 11.3 Å². The van der Waals surface area contributed by atoms with Crippen molar-refractivity contribution in [1.82, 2.24) is 24.8 Å². The first-order valence-corrected chi connectivity index (χ1v) is 7.67. The van der Waals surface area contributed by atoms with E-state index in [0.29, 0.717) is 11.7 Å². The number of nitrogens with zero attached hydrogens (tertiary/aromatic N) is 5. The molecular weight excluding hydrogens is 286 g/mol. The second-order valence-corrected chi connectivity index (χ2v) is 5.81. The summed E-state index contributed by atoms with van der Waals surface area (Å²) in [6, 6.07) is 5.97. The van der Waals surface area contributed by atoms with Gasteiger partial charge in [0, 0.05) is 18.9 Å². The van der Waals surface area contributed by atoms with Gasteiger partial charge in [0.2, 0.25) is 11.7 Å². The van der Waals surface area contributed by atoms with Gasteiger partial charge in [-0.1, -0.05) is 11.2 Å². The minimum Gasteiger partial charge on any atom is -0.337 e. The van der Waals surface area contributed by atoms with Crippen LogP contribution in [0.1, 0.15) is 18.9 Å². The van der Waals surface area contributed by atoms with E-state index < -0.39 is 0 Å². The maximum Gasteiger partial charge on any atom is 0.244 e. The zero-order valence-corrected chi connectivity index (χ0v) is 12.8. The van der Waals surface area contributed by atoms with Gasteiger partial charge in [-0.25, -0.2) is 0 Å². The van der Waals surface area contributed by atoms with Gasteiger partial charge in [-0.05, 0) is 31.5 Å². The number of likely N-dealkylation sites (N-methyl/N-ethyl adjacent to an activating group) is 1. The third kappa shape index (κ3) is 3.20. The molecule has 0 saturated heterocycles. The van der Waals surface area contributed by atoms with Crippen molar-refractivity contribution >= 4 is 11.3 Å². The van der Waals surface area contributed by atoms with Crippen molar-refractivity contribution < 1.29 is 4.52 Å². The first kappa shape index (κ1) is 14.0. The molecule has 0 fully saturated rings. The van der Waals surface area contributed by atoms with Gasteiger partial charge in [-0.15, -0.1) is 11.3 Å². The van der Waals surface area contributed by atoms with E-state index in [-0.39, 0.29) is 6.04 Å². The standard InChI is InChI=1S/C14H17N5OS/c1-11(18(2)8-9-19-7-4-6-15-19)14-16-13(17-20-14)12-5-3-10-21-12/h3-7,10-11H,8-9H2,1-2H3/t11-/m0/s1. The average Bonchev–Trinajstić information content (AvgIpc) is 3.25. The summed E-state index contributed by atoms with van der Waals surface area (Å²) in [5.74, 6) is 1.30. The Kier molecular flexibility index (Phi) is 4.12. The smallest absolute Gasteiger partial charge is 0.244 e. The highest BCUT2D eigenvalue weighted by Crippen LogP contribution is 2.24. The predicted octanol–water partition coefficient (Wildman–Crippen LogP) is 2.69. The zero-order valence-electron chi connectivity index (χ0n) is 12.0. The van der Waals surface area contributed by atoms with Crippen molar-refractivity contribution in [3.05, 3.63) is 41.9 Å². The molecular formula is C14H17N5OS. The third-order valence-electron chi connectivity index (χ3n) is 3.44. The van der Waals surface area contributed by atoms with Gasteiger partial charge in [0.15, 0.2) is 0 Å².